The van der Waals surface area contributed by atoms with Crippen LogP contribution in [-0.2, 0) is 14.6 Å². The van der Waals surface area contributed by atoms with Crippen molar-refractivity contribution in [3.05, 3.63) is 0 Å². The number of carbonyl (C=O) groups is 1. The molecule has 0 aromatic rings. The van der Waals surface area contributed by atoms with Gasteiger partial charge in [0.2, 0.25) is 5.91 Å². The van der Waals surface area contributed by atoms with Gasteiger partial charge in [-0.25, -0.2) is 8.42 Å². The molecule has 5 rings (SSSR count). The molecule has 4 aliphatic carbocycles. The van der Waals surface area contributed by atoms with Crippen LogP contribution in [0.3, 0.4) is 0 Å². The Labute approximate surface area is 133 Å². The Morgan fingerprint density at radius 1 is 1.09 bits per heavy atom. The average Bonchev–Trinajstić information content (AvgIpc) is 2.77. The van der Waals surface area contributed by atoms with Gasteiger partial charge in [-0.1, -0.05) is 0 Å². The first-order valence-corrected chi connectivity index (χ1v) is 10.7. The molecule has 22 heavy (non-hydrogen) atoms. The fraction of sp³-hybridized carbons (Fsp3) is 0.941. The Balaban J connectivity index is 1.44. The van der Waals surface area contributed by atoms with Gasteiger partial charge in [-0.05, 0) is 75.0 Å². The van der Waals surface area contributed by atoms with Gasteiger partial charge in [-0.15, -0.1) is 0 Å². The molecule has 5 fully saturated rings. The van der Waals surface area contributed by atoms with Gasteiger partial charge >= 0.3 is 0 Å². The van der Waals surface area contributed by atoms with Crippen LogP contribution in [-0.4, -0.2) is 31.9 Å². The molecule has 0 aromatic heterocycles. The third-order valence-electron chi connectivity index (χ3n) is 6.97. The normalized spacial score (nSPS) is 46.6. The van der Waals surface area contributed by atoms with Crippen LogP contribution >= 0.6 is 0 Å². The zero-order valence-electron chi connectivity index (χ0n) is 13.4. The van der Waals surface area contributed by atoms with Crippen LogP contribution in [0.2, 0.25) is 0 Å². The lowest BCUT2D eigenvalue weighted by atomic mass is 9.48. The highest BCUT2D eigenvalue weighted by atomic mass is 32.2. The van der Waals surface area contributed by atoms with Gasteiger partial charge in [0, 0.05) is 6.04 Å². The zero-order valence-corrected chi connectivity index (χ0v) is 14.2. The van der Waals surface area contributed by atoms with Crippen molar-refractivity contribution < 1.29 is 13.2 Å². The van der Waals surface area contributed by atoms with E-state index in [2.05, 4.69) is 12.2 Å². The van der Waals surface area contributed by atoms with E-state index >= 15 is 0 Å². The van der Waals surface area contributed by atoms with Gasteiger partial charge in [0.25, 0.3) is 0 Å². The van der Waals surface area contributed by atoms with E-state index in [0.717, 1.165) is 17.8 Å². The molecule has 2 unspecified atom stereocenters. The summed E-state index contributed by atoms with van der Waals surface area (Å²) in [5.74, 6) is 2.50. The third kappa shape index (κ3) is 2.49. The highest BCUT2D eigenvalue weighted by Crippen LogP contribution is 2.61. The smallest absolute Gasteiger partial charge is 0.224 e. The summed E-state index contributed by atoms with van der Waals surface area (Å²) in [6.45, 7) is 2.16. The molecule has 124 valence electrons. The van der Waals surface area contributed by atoms with Gasteiger partial charge in [-0.3, -0.25) is 4.79 Å². The third-order valence-corrected chi connectivity index (χ3v) is 8.73. The molecule has 0 radical (unpaired) electrons. The maximum atomic E-state index is 12.5. The van der Waals surface area contributed by atoms with E-state index < -0.39 is 9.84 Å². The van der Waals surface area contributed by atoms with E-state index in [1.165, 1.54) is 38.5 Å². The van der Waals surface area contributed by atoms with Crippen molar-refractivity contribution in [2.75, 3.05) is 11.5 Å². The molecule has 1 heterocycles. The molecule has 5 aliphatic rings. The van der Waals surface area contributed by atoms with Crippen LogP contribution in [0.1, 0.15) is 51.9 Å². The highest BCUT2D eigenvalue weighted by molar-refractivity contribution is 7.91. The predicted octanol–water partition coefficient (Wildman–Crippen LogP) is 2.14. The summed E-state index contributed by atoms with van der Waals surface area (Å²) >= 11 is 0. The second-order valence-corrected chi connectivity index (χ2v) is 10.8. The number of sulfone groups is 1. The lowest BCUT2D eigenvalue weighted by molar-refractivity contribution is -0.129. The Morgan fingerprint density at radius 2 is 1.64 bits per heavy atom. The fourth-order valence-corrected chi connectivity index (χ4v) is 7.94. The van der Waals surface area contributed by atoms with E-state index in [1.807, 2.05) is 0 Å². The quantitative estimate of drug-likeness (QED) is 0.865. The van der Waals surface area contributed by atoms with Crippen LogP contribution in [0.25, 0.3) is 0 Å². The number of hydrogen-bond acceptors (Lipinski definition) is 3. The van der Waals surface area contributed by atoms with Gasteiger partial charge in [0.1, 0.15) is 0 Å². The summed E-state index contributed by atoms with van der Waals surface area (Å²) in [6, 6.07) is 0.191. The lowest BCUT2D eigenvalue weighted by Crippen LogP contribution is -2.56. The van der Waals surface area contributed by atoms with Crippen LogP contribution < -0.4 is 5.32 Å². The summed E-state index contributed by atoms with van der Waals surface area (Å²) in [6.07, 6.45) is 8.51. The molecule has 1 N–H and O–H groups in total. The molecule has 2 atom stereocenters. The van der Waals surface area contributed by atoms with E-state index in [9.17, 15) is 13.2 Å². The molecule has 5 heteroatoms. The van der Waals surface area contributed by atoms with Crippen LogP contribution in [0.15, 0.2) is 0 Å². The molecular weight excluding hydrogens is 298 g/mol. The zero-order chi connectivity index (χ0) is 15.5. The average molecular weight is 325 g/mol. The summed E-state index contributed by atoms with van der Waals surface area (Å²) in [4.78, 5) is 12.5. The minimum atomic E-state index is -2.98. The highest BCUT2D eigenvalue weighted by Gasteiger charge is 2.53. The topological polar surface area (TPSA) is 63.2 Å². The van der Waals surface area contributed by atoms with Crippen molar-refractivity contribution in [2.45, 2.75) is 57.9 Å². The predicted molar refractivity (Wildman–Crippen MR) is 85.0 cm³/mol. The number of hydrogen-bond donors (Lipinski definition) is 1. The largest absolute Gasteiger partial charge is 0.353 e. The van der Waals surface area contributed by atoms with Gasteiger partial charge in [0.15, 0.2) is 9.84 Å². The van der Waals surface area contributed by atoms with Crippen molar-refractivity contribution in [3.8, 4) is 0 Å². The summed E-state index contributed by atoms with van der Waals surface area (Å²) in [5.41, 5.74) is 0.294. The van der Waals surface area contributed by atoms with E-state index in [-0.39, 0.29) is 29.4 Å². The lowest BCUT2D eigenvalue weighted by Gasteiger charge is -2.59. The molecule has 0 aromatic carbocycles. The minimum Gasteiger partial charge on any atom is -0.353 e. The molecule has 4 bridgehead atoms. The maximum Gasteiger partial charge on any atom is 0.224 e. The van der Waals surface area contributed by atoms with Crippen molar-refractivity contribution in [3.63, 3.8) is 0 Å². The van der Waals surface area contributed by atoms with Crippen LogP contribution in [0, 0.1) is 29.1 Å². The fourth-order valence-electron chi connectivity index (χ4n) is 6.19. The number of nitrogens with one attached hydrogen (secondary N) is 1. The second kappa shape index (κ2) is 4.96. The minimum absolute atomic E-state index is 0.0238. The molecular formula is C17H27NO3S. The molecule has 1 saturated heterocycles. The number of carbonyl (C=O) groups excluding carboxylic acids is 1. The maximum absolute atomic E-state index is 12.5. The molecule has 4 nitrogen and oxygen atoms in total. The van der Waals surface area contributed by atoms with E-state index in [1.54, 1.807) is 0 Å². The molecule has 4 saturated carbocycles. The van der Waals surface area contributed by atoms with E-state index in [0.29, 0.717) is 11.8 Å². The summed E-state index contributed by atoms with van der Waals surface area (Å²) in [5, 5.41) is 3.21. The Hall–Kier alpha value is -0.580. The first-order chi connectivity index (χ1) is 10.4. The Morgan fingerprint density at radius 3 is 2.09 bits per heavy atom. The molecule has 1 aliphatic heterocycles. The second-order valence-electron chi connectivity index (χ2n) is 8.61. The molecule has 1 amide bonds. The standard InChI is InChI=1S/C17H27NO3S/c1-11(18-16(19)15-2-3-22(20,21)10-15)17-7-12-4-13(8-17)6-14(5-12)9-17/h11-15H,2-10H2,1H3,(H,18,19). The Bertz CT molecular complexity index is 547. The van der Waals surface area contributed by atoms with Crippen molar-refractivity contribution >= 4 is 15.7 Å². The summed E-state index contributed by atoms with van der Waals surface area (Å²) in [7, 11) is -2.98. The Kier molecular flexibility index (Phi) is 3.37. The van der Waals surface area contributed by atoms with Crippen LogP contribution in [0.5, 0.6) is 0 Å². The van der Waals surface area contributed by atoms with Crippen molar-refractivity contribution in [1.82, 2.24) is 5.32 Å². The van der Waals surface area contributed by atoms with Gasteiger partial charge in [0.05, 0.1) is 17.4 Å². The number of rotatable bonds is 3. The van der Waals surface area contributed by atoms with Crippen molar-refractivity contribution in [1.29, 1.82) is 0 Å². The summed E-state index contributed by atoms with van der Waals surface area (Å²) < 4.78 is 23.1. The van der Waals surface area contributed by atoms with E-state index in [4.69, 9.17) is 0 Å². The first-order valence-electron chi connectivity index (χ1n) is 8.86. The van der Waals surface area contributed by atoms with Crippen molar-refractivity contribution in [2.24, 2.45) is 29.1 Å². The number of amides is 1. The van der Waals surface area contributed by atoms with Crippen LogP contribution in [0.4, 0.5) is 0 Å². The first kappa shape index (κ1) is 15.0. The van der Waals surface area contributed by atoms with Gasteiger partial charge < -0.3 is 5.32 Å². The monoisotopic (exact) mass is 325 g/mol. The van der Waals surface area contributed by atoms with Gasteiger partial charge in [-0.2, -0.15) is 0 Å². The molecule has 0 spiro atoms. The SMILES string of the molecule is CC(NC(=O)C1CCS(=O)(=O)C1)C12CC3CC(CC(C3)C1)C2.